The van der Waals surface area contributed by atoms with Gasteiger partial charge in [-0.2, -0.15) is 9.57 Å². The van der Waals surface area contributed by atoms with Gasteiger partial charge in [-0.15, -0.1) is 0 Å². The number of morpholine rings is 1. The summed E-state index contributed by atoms with van der Waals surface area (Å²) in [5.41, 5.74) is 1.23. The molecule has 0 bridgehead atoms. The van der Waals surface area contributed by atoms with Crippen molar-refractivity contribution in [3.63, 3.8) is 0 Å². The first-order valence-electron chi connectivity index (χ1n) is 8.88. The van der Waals surface area contributed by atoms with Crippen LogP contribution in [0.3, 0.4) is 0 Å². The van der Waals surface area contributed by atoms with Gasteiger partial charge < -0.3 is 14.2 Å². The molecule has 1 heterocycles. The van der Waals surface area contributed by atoms with Crippen LogP contribution in [0.4, 0.5) is 0 Å². The zero-order valence-electron chi connectivity index (χ0n) is 15.8. The molecule has 8 nitrogen and oxygen atoms in total. The third kappa shape index (κ3) is 4.74. The van der Waals surface area contributed by atoms with Crippen molar-refractivity contribution in [3.05, 3.63) is 59.2 Å². The Balaban J connectivity index is 1.80. The van der Waals surface area contributed by atoms with E-state index in [4.69, 9.17) is 19.5 Å². The van der Waals surface area contributed by atoms with Crippen LogP contribution in [0.15, 0.2) is 47.4 Å². The SMILES string of the molecule is COc1ccc(S(=O)(=O)N2CCOCC2)cc1C(=O)OCc1ccc(C#N)cc1. The van der Waals surface area contributed by atoms with Gasteiger partial charge in [0.2, 0.25) is 10.0 Å². The number of nitriles is 1. The molecule has 3 rings (SSSR count). The van der Waals surface area contributed by atoms with Crippen LogP contribution in [0.5, 0.6) is 5.75 Å². The maximum Gasteiger partial charge on any atom is 0.342 e. The van der Waals surface area contributed by atoms with Gasteiger partial charge in [0.1, 0.15) is 17.9 Å². The van der Waals surface area contributed by atoms with E-state index in [1.54, 1.807) is 24.3 Å². The first-order valence-corrected chi connectivity index (χ1v) is 10.3. The fourth-order valence-corrected chi connectivity index (χ4v) is 4.28. The minimum absolute atomic E-state index is 0.00877. The molecule has 1 fully saturated rings. The van der Waals surface area contributed by atoms with Gasteiger partial charge >= 0.3 is 5.97 Å². The molecule has 0 unspecified atom stereocenters. The van der Waals surface area contributed by atoms with Gasteiger partial charge in [-0.1, -0.05) is 12.1 Å². The van der Waals surface area contributed by atoms with Crippen LogP contribution < -0.4 is 4.74 Å². The summed E-state index contributed by atoms with van der Waals surface area (Å²) in [6.45, 7) is 1.15. The first-order chi connectivity index (χ1) is 14.0. The average Bonchev–Trinajstić information content (AvgIpc) is 2.77. The van der Waals surface area contributed by atoms with Crippen LogP contribution in [0.1, 0.15) is 21.5 Å². The van der Waals surface area contributed by atoms with Gasteiger partial charge in [0.05, 0.1) is 36.9 Å². The summed E-state index contributed by atoms with van der Waals surface area (Å²) in [4.78, 5) is 12.6. The van der Waals surface area contributed by atoms with Gasteiger partial charge in [0, 0.05) is 13.1 Å². The molecule has 152 valence electrons. The van der Waals surface area contributed by atoms with Crippen LogP contribution in [-0.4, -0.2) is 52.1 Å². The molecule has 2 aromatic rings. The largest absolute Gasteiger partial charge is 0.496 e. The summed E-state index contributed by atoms with van der Waals surface area (Å²) in [5, 5.41) is 8.83. The number of nitrogens with zero attached hydrogens (tertiary/aromatic N) is 2. The quantitative estimate of drug-likeness (QED) is 0.663. The number of carbonyl (C=O) groups is 1. The molecule has 2 aromatic carbocycles. The Morgan fingerprint density at radius 2 is 1.86 bits per heavy atom. The molecule has 0 radical (unpaired) electrons. The van der Waals surface area contributed by atoms with Crippen molar-refractivity contribution in [2.45, 2.75) is 11.5 Å². The molecule has 1 saturated heterocycles. The Morgan fingerprint density at radius 1 is 1.17 bits per heavy atom. The third-order valence-electron chi connectivity index (χ3n) is 4.45. The lowest BCUT2D eigenvalue weighted by atomic mass is 10.1. The lowest BCUT2D eigenvalue weighted by Crippen LogP contribution is -2.40. The number of rotatable bonds is 6. The van der Waals surface area contributed by atoms with Gasteiger partial charge in [0.25, 0.3) is 0 Å². The number of hydrogen-bond donors (Lipinski definition) is 0. The predicted octanol–water partition coefficient (Wildman–Crippen LogP) is 1.94. The Bertz CT molecular complexity index is 1020. The molecule has 0 amide bonds. The number of benzene rings is 2. The number of carbonyl (C=O) groups excluding carboxylic acids is 1. The van der Waals surface area contributed by atoms with Crippen LogP contribution in [0.2, 0.25) is 0 Å². The van der Waals surface area contributed by atoms with E-state index in [0.29, 0.717) is 24.3 Å². The van der Waals surface area contributed by atoms with Crippen molar-refractivity contribution in [2.75, 3.05) is 33.4 Å². The Kier molecular flexibility index (Phi) is 6.49. The van der Waals surface area contributed by atoms with Crippen molar-refractivity contribution in [1.29, 1.82) is 5.26 Å². The maximum absolute atomic E-state index is 12.9. The standard InChI is InChI=1S/C20H20N2O6S/c1-26-19-7-6-17(29(24,25)22-8-10-27-11-9-22)12-18(19)20(23)28-14-16-4-2-15(13-21)3-5-16/h2-7,12H,8-11,14H2,1H3. The van der Waals surface area contributed by atoms with Crippen LogP contribution in [-0.2, 0) is 26.1 Å². The molecule has 0 spiro atoms. The lowest BCUT2D eigenvalue weighted by Gasteiger charge is -2.26. The van der Waals surface area contributed by atoms with E-state index in [-0.39, 0.29) is 35.9 Å². The normalized spacial score (nSPS) is 14.8. The fraction of sp³-hybridized carbons (Fsp3) is 0.300. The Hall–Kier alpha value is -2.93. The van der Waals surface area contributed by atoms with Crippen molar-refractivity contribution >= 4 is 16.0 Å². The van der Waals surface area contributed by atoms with E-state index in [1.807, 2.05) is 6.07 Å². The molecule has 0 aliphatic carbocycles. The summed E-state index contributed by atoms with van der Waals surface area (Å²) < 4.78 is 42.7. The van der Waals surface area contributed by atoms with Gasteiger partial charge in [0.15, 0.2) is 0 Å². The number of esters is 1. The molecule has 0 saturated carbocycles. The van der Waals surface area contributed by atoms with Crippen molar-refractivity contribution in [1.82, 2.24) is 4.31 Å². The predicted molar refractivity (Wildman–Crippen MR) is 103 cm³/mol. The first kappa shape index (κ1) is 20.8. The van der Waals surface area contributed by atoms with Gasteiger partial charge in [-0.25, -0.2) is 13.2 Å². The highest BCUT2D eigenvalue weighted by molar-refractivity contribution is 7.89. The Labute approximate surface area is 169 Å². The lowest BCUT2D eigenvalue weighted by molar-refractivity contribution is 0.0468. The highest BCUT2D eigenvalue weighted by Crippen LogP contribution is 2.26. The van der Waals surface area contributed by atoms with Gasteiger partial charge in [-0.3, -0.25) is 0 Å². The van der Waals surface area contributed by atoms with Crippen LogP contribution in [0.25, 0.3) is 0 Å². The van der Waals surface area contributed by atoms with Gasteiger partial charge in [-0.05, 0) is 35.9 Å². The van der Waals surface area contributed by atoms with E-state index in [9.17, 15) is 13.2 Å². The minimum atomic E-state index is -3.76. The average molecular weight is 416 g/mol. The molecular weight excluding hydrogens is 396 g/mol. The van der Waals surface area contributed by atoms with Crippen molar-refractivity contribution in [2.24, 2.45) is 0 Å². The maximum atomic E-state index is 12.9. The zero-order chi connectivity index (χ0) is 20.9. The van der Waals surface area contributed by atoms with E-state index >= 15 is 0 Å². The molecule has 0 N–H and O–H groups in total. The van der Waals surface area contributed by atoms with E-state index < -0.39 is 16.0 Å². The molecule has 1 aliphatic heterocycles. The second kappa shape index (κ2) is 9.05. The summed E-state index contributed by atoms with van der Waals surface area (Å²) in [7, 11) is -2.37. The van der Waals surface area contributed by atoms with Crippen LogP contribution >= 0.6 is 0 Å². The van der Waals surface area contributed by atoms with E-state index in [1.165, 1.54) is 29.6 Å². The van der Waals surface area contributed by atoms with Crippen molar-refractivity contribution < 1.29 is 27.4 Å². The topological polar surface area (TPSA) is 106 Å². The minimum Gasteiger partial charge on any atom is -0.496 e. The van der Waals surface area contributed by atoms with Crippen molar-refractivity contribution in [3.8, 4) is 11.8 Å². The number of hydrogen-bond acceptors (Lipinski definition) is 7. The Morgan fingerprint density at radius 3 is 2.48 bits per heavy atom. The summed E-state index contributed by atoms with van der Waals surface area (Å²) >= 11 is 0. The molecule has 0 aromatic heterocycles. The molecule has 9 heteroatoms. The van der Waals surface area contributed by atoms with E-state index in [0.717, 1.165) is 0 Å². The summed E-state index contributed by atoms with van der Waals surface area (Å²) in [5.74, 6) is -0.485. The summed E-state index contributed by atoms with van der Waals surface area (Å²) in [6, 6.07) is 12.7. The second-order valence-corrected chi connectivity index (χ2v) is 8.20. The molecular formula is C20H20N2O6S. The molecule has 29 heavy (non-hydrogen) atoms. The molecule has 0 atom stereocenters. The van der Waals surface area contributed by atoms with E-state index in [2.05, 4.69) is 0 Å². The third-order valence-corrected chi connectivity index (χ3v) is 6.35. The smallest absolute Gasteiger partial charge is 0.342 e. The zero-order valence-corrected chi connectivity index (χ0v) is 16.6. The van der Waals surface area contributed by atoms with Crippen LogP contribution in [0, 0.1) is 11.3 Å². The number of sulfonamides is 1. The number of ether oxygens (including phenoxy) is 3. The second-order valence-electron chi connectivity index (χ2n) is 6.26. The highest BCUT2D eigenvalue weighted by atomic mass is 32.2. The summed E-state index contributed by atoms with van der Waals surface area (Å²) in [6.07, 6.45) is 0. The number of methoxy groups -OCH3 is 1. The fourth-order valence-electron chi connectivity index (χ4n) is 2.85. The highest BCUT2D eigenvalue weighted by Gasteiger charge is 2.28. The monoisotopic (exact) mass is 416 g/mol. The molecule has 1 aliphatic rings.